The van der Waals surface area contributed by atoms with E-state index in [-0.39, 0.29) is 18.6 Å². The first-order valence-corrected chi connectivity index (χ1v) is 14.5. The molecule has 218 valence electrons. The molecule has 1 aromatic heterocycles. The van der Waals surface area contributed by atoms with Gasteiger partial charge in [0.25, 0.3) is 0 Å². The van der Waals surface area contributed by atoms with Crippen LogP contribution in [0.25, 0.3) is 10.9 Å². The summed E-state index contributed by atoms with van der Waals surface area (Å²) in [5, 5.41) is 1.07. The molecular weight excluding hydrogens is 538 g/mol. The fourth-order valence-electron chi connectivity index (χ4n) is 5.87. The topological polar surface area (TPSA) is 74.9 Å². The second-order valence-corrected chi connectivity index (χ2v) is 10.9. The highest BCUT2D eigenvalue weighted by Gasteiger charge is 2.40. The van der Waals surface area contributed by atoms with Crippen LogP contribution in [0.2, 0.25) is 0 Å². The van der Waals surface area contributed by atoms with Gasteiger partial charge in [-0.2, -0.15) is 0 Å². The number of methoxy groups -OCH3 is 1. The Labute approximate surface area is 251 Å². The molecule has 1 aliphatic rings. The summed E-state index contributed by atoms with van der Waals surface area (Å²) in [5.41, 5.74) is 5.96. The van der Waals surface area contributed by atoms with Crippen LogP contribution in [-0.4, -0.2) is 46.5 Å². The number of H-pyrrole nitrogens is 1. The summed E-state index contributed by atoms with van der Waals surface area (Å²) in [5.74, 6) is -0.147. The third-order valence-electron chi connectivity index (χ3n) is 8.11. The summed E-state index contributed by atoms with van der Waals surface area (Å²) >= 11 is 0. The lowest BCUT2D eigenvalue weighted by Gasteiger charge is -2.40. The normalized spacial score (nSPS) is 15.1. The second kappa shape index (κ2) is 13.0. The van der Waals surface area contributed by atoms with Crippen LogP contribution in [0, 0.1) is 0 Å². The molecular formula is C36H35N3O4. The summed E-state index contributed by atoms with van der Waals surface area (Å²) in [6, 6.07) is 34.6. The van der Waals surface area contributed by atoms with E-state index in [1.54, 1.807) is 12.0 Å². The molecule has 0 saturated heterocycles. The number of hydrogen-bond acceptors (Lipinski definition) is 4. The molecule has 0 bridgehead atoms. The highest BCUT2D eigenvalue weighted by molar-refractivity contribution is 5.87. The summed E-state index contributed by atoms with van der Waals surface area (Å²) in [6.45, 7) is 1.09. The first-order valence-electron chi connectivity index (χ1n) is 14.5. The van der Waals surface area contributed by atoms with Gasteiger partial charge in [0, 0.05) is 31.8 Å². The molecule has 0 unspecified atom stereocenters. The number of carbonyl (C=O) groups excluding carboxylic acids is 2. The molecule has 2 heterocycles. The summed E-state index contributed by atoms with van der Waals surface area (Å²) in [4.78, 5) is 35.2. The minimum absolute atomic E-state index is 0.134. The number of benzene rings is 4. The van der Waals surface area contributed by atoms with Crippen LogP contribution in [-0.2, 0) is 40.4 Å². The maximum absolute atomic E-state index is 14.8. The molecule has 2 amide bonds. The number of amides is 2. The minimum atomic E-state index is -0.739. The molecule has 43 heavy (non-hydrogen) atoms. The van der Waals surface area contributed by atoms with Gasteiger partial charge in [0.1, 0.15) is 12.6 Å². The lowest BCUT2D eigenvalue weighted by molar-refractivity contribution is -0.141. The van der Waals surface area contributed by atoms with Crippen LogP contribution in [0.15, 0.2) is 115 Å². The molecule has 2 atom stereocenters. The van der Waals surface area contributed by atoms with Crippen LogP contribution < -0.4 is 0 Å². The first kappa shape index (κ1) is 28.2. The zero-order valence-corrected chi connectivity index (χ0v) is 24.2. The van der Waals surface area contributed by atoms with Crippen LogP contribution in [0.3, 0.4) is 0 Å². The molecule has 1 aliphatic heterocycles. The third kappa shape index (κ3) is 6.32. The van der Waals surface area contributed by atoms with Gasteiger partial charge in [0.05, 0.1) is 19.2 Å². The van der Waals surface area contributed by atoms with E-state index in [1.807, 2.05) is 114 Å². The van der Waals surface area contributed by atoms with Crippen LogP contribution in [0.4, 0.5) is 4.79 Å². The lowest BCUT2D eigenvalue weighted by Crippen LogP contribution is -2.54. The number of rotatable bonds is 9. The fourth-order valence-corrected chi connectivity index (χ4v) is 5.87. The van der Waals surface area contributed by atoms with Crippen molar-refractivity contribution in [2.45, 2.75) is 38.2 Å². The molecule has 0 radical (unpaired) electrons. The Bertz CT molecular complexity index is 1680. The summed E-state index contributed by atoms with van der Waals surface area (Å²) in [7, 11) is 1.65. The number of ether oxygens (including phenoxy) is 2. The quantitative estimate of drug-likeness (QED) is 0.214. The molecule has 0 aliphatic carbocycles. The highest BCUT2D eigenvalue weighted by Crippen LogP contribution is 2.31. The number of hydrogen-bond donors (Lipinski definition) is 1. The summed E-state index contributed by atoms with van der Waals surface area (Å²) < 4.78 is 11.5. The third-order valence-corrected chi connectivity index (χ3v) is 8.11. The molecule has 1 N–H and O–H groups in total. The first-order chi connectivity index (χ1) is 21.1. The summed E-state index contributed by atoms with van der Waals surface area (Å²) in [6.07, 6.45) is 1.80. The SMILES string of the molecule is COC[C@H](c1ccccc1)N(Cc1ccc2[nH]ccc2c1)C(=O)[C@@H]1Cc2ccccc2CN1C(=O)OCc1ccccc1. The maximum atomic E-state index is 14.8. The van der Waals surface area contributed by atoms with Crippen molar-refractivity contribution in [1.29, 1.82) is 0 Å². The number of carbonyl (C=O) groups is 2. The van der Waals surface area contributed by atoms with Gasteiger partial charge in [-0.15, -0.1) is 0 Å². The van der Waals surface area contributed by atoms with Crippen molar-refractivity contribution >= 4 is 22.9 Å². The molecule has 5 aromatic rings. The smallest absolute Gasteiger partial charge is 0.411 e. The molecule has 0 spiro atoms. The average molecular weight is 574 g/mol. The van der Waals surface area contributed by atoms with Crippen molar-refractivity contribution in [2.24, 2.45) is 0 Å². The predicted molar refractivity (Wildman–Crippen MR) is 166 cm³/mol. The maximum Gasteiger partial charge on any atom is 0.411 e. The van der Waals surface area contributed by atoms with E-state index in [0.717, 1.165) is 38.7 Å². The molecule has 4 aromatic carbocycles. The van der Waals surface area contributed by atoms with Crippen molar-refractivity contribution in [3.63, 3.8) is 0 Å². The van der Waals surface area contributed by atoms with Crippen LogP contribution >= 0.6 is 0 Å². The van der Waals surface area contributed by atoms with Crippen LogP contribution in [0.5, 0.6) is 0 Å². The van der Waals surface area contributed by atoms with Gasteiger partial charge in [0.15, 0.2) is 0 Å². The van der Waals surface area contributed by atoms with Gasteiger partial charge < -0.3 is 19.4 Å². The van der Waals surface area contributed by atoms with Crippen molar-refractivity contribution < 1.29 is 19.1 Å². The Morgan fingerprint density at radius 3 is 2.37 bits per heavy atom. The monoisotopic (exact) mass is 573 g/mol. The zero-order chi connectivity index (χ0) is 29.6. The standard InChI is InChI=1S/C36H35N3O4/c1-42-25-34(28-12-6-3-7-13-28)38(22-27-16-17-32-30(20-27)18-19-37-32)35(40)33-21-29-14-8-9-15-31(29)23-39(33)36(41)43-24-26-10-4-2-5-11-26/h2-20,33-34,37H,21-25H2,1H3/t33-,34+/m0/s1. The van der Waals surface area contributed by atoms with E-state index in [4.69, 9.17) is 9.47 Å². The largest absolute Gasteiger partial charge is 0.445 e. The van der Waals surface area contributed by atoms with Gasteiger partial charge in [-0.25, -0.2) is 4.79 Å². The van der Waals surface area contributed by atoms with Gasteiger partial charge in [-0.05, 0) is 51.4 Å². The van der Waals surface area contributed by atoms with Gasteiger partial charge in [0.2, 0.25) is 5.91 Å². The van der Waals surface area contributed by atoms with E-state index in [0.29, 0.717) is 26.1 Å². The Balaban J connectivity index is 1.36. The zero-order valence-electron chi connectivity index (χ0n) is 24.2. The number of aromatic nitrogens is 1. The number of nitrogens with one attached hydrogen (secondary N) is 1. The fraction of sp³-hybridized carbons (Fsp3) is 0.222. The van der Waals surface area contributed by atoms with Crippen molar-refractivity contribution in [3.8, 4) is 0 Å². The molecule has 7 heteroatoms. The van der Waals surface area contributed by atoms with E-state index in [1.165, 1.54) is 0 Å². The van der Waals surface area contributed by atoms with Crippen molar-refractivity contribution in [1.82, 2.24) is 14.8 Å². The Morgan fingerprint density at radius 2 is 1.60 bits per heavy atom. The predicted octanol–water partition coefficient (Wildman–Crippen LogP) is 6.65. The van der Waals surface area contributed by atoms with Gasteiger partial charge in [-0.3, -0.25) is 9.69 Å². The number of aromatic amines is 1. The van der Waals surface area contributed by atoms with E-state index in [2.05, 4.69) is 11.1 Å². The van der Waals surface area contributed by atoms with Crippen LogP contribution in [0.1, 0.15) is 33.9 Å². The molecule has 6 rings (SSSR count). The second-order valence-electron chi connectivity index (χ2n) is 10.9. The van der Waals surface area contributed by atoms with Gasteiger partial charge >= 0.3 is 6.09 Å². The number of fused-ring (bicyclic) bond motifs is 2. The average Bonchev–Trinajstić information content (AvgIpc) is 3.53. The Hall–Kier alpha value is -4.88. The number of nitrogens with zero attached hydrogens (tertiary/aromatic N) is 2. The van der Waals surface area contributed by atoms with E-state index < -0.39 is 12.1 Å². The lowest BCUT2D eigenvalue weighted by atomic mass is 9.92. The van der Waals surface area contributed by atoms with E-state index in [9.17, 15) is 9.59 Å². The van der Waals surface area contributed by atoms with Crippen molar-refractivity contribution in [2.75, 3.05) is 13.7 Å². The minimum Gasteiger partial charge on any atom is -0.445 e. The van der Waals surface area contributed by atoms with E-state index >= 15 is 0 Å². The van der Waals surface area contributed by atoms with Gasteiger partial charge in [-0.1, -0.05) is 91.0 Å². The highest BCUT2D eigenvalue weighted by atomic mass is 16.6. The molecule has 0 saturated carbocycles. The Morgan fingerprint density at radius 1 is 0.884 bits per heavy atom. The molecule has 0 fully saturated rings. The van der Waals surface area contributed by atoms with Crippen molar-refractivity contribution in [3.05, 3.63) is 143 Å². The Kier molecular flexibility index (Phi) is 8.52. The molecule has 7 nitrogen and oxygen atoms in total.